The number of fused-ring (bicyclic) bond motifs is 1. The van der Waals surface area contributed by atoms with Gasteiger partial charge in [0.2, 0.25) is 0 Å². The van der Waals surface area contributed by atoms with Gasteiger partial charge in [0.15, 0.2) is 0 Å². The number of anilines is 1. The van der Waals surface area contributed by atoms with E-state index in [0.29, 0.717) is 0 Å². The molecule has 2 aliphatic rings. The van der Waals surface area contributed by atoms with Gasteiger partial charge in [-0.2, -0.15) is 0 Å². The number of hydrogen-bond donors (Lipinski definition) is 2. The third-order valence-corrected chi connectivity index (χ3v) is 6.29. The molecule has 160 valence electrons. The smallest absolute Gasteiger partial charge is 0.147 e. The van der Waals surface area contributed by atoms with Crippen LogP contribution in [0.1, 0.15) is 41.5 Å². The van der Waals surface area contributed by atoms with Crippen LogP contribution < -0.4 is 10.6 Å². The van der Waals surface area contributed by atoms with E-state index in [-0.39, 0.29) is 11.9 Å². The molecule has 5 rings (SSSR count). The Hall–Kier alpha value is -2.83. The molecule has 1 unspecified atom stereocenters. The molecular formula is C25H28FN5. The van der Waals surface area contributed by atoms with Gasteiger partial charge in [-0.1, -0.05) is 36.4 Å². The molecule has 1 saturated heterocycles. The molecule has 6 heteroatoms. The summed E-state index contributed by atoms with van der Waals surface area (Å²) in [5, 5.41) is 6.80. The van der Waals surface area contributed by atoms with E-state index in [1.165, 1.54) is 23.6 Å². The SMILES string of the molecule is CNc1nc(C2CCCN2)nc2c1CCN(Cc1ccc(-c3cccc(F)c3)cc1)C2. The molecule has 3 aromatic rings. The number of nitrogens with one attached hydrogen (secondary N) is 2. The summed E-state index contributed by atoms with van der Waals surface area (Å²) < 4.78 is 13.5. The summed E-state index contributed by atoms with van der Waals surface area (Å²) in [5.41, 5.74) is 5.59. The van der Waals surface area contributed by atoms with Crippen LogP contribution in [0.25, 0.3) is 11.1 Å². The molecule has 0 amide bonds. The normalized spacial score (nSPS) is 18.7. The van der Waals surface area contributed by atoms with Gasteiger partial charge in [0.05, 0.1) is 11.7 Å². The highest BCUT2D eigenvalue weighted by Gasteiger charge is 2.26. The molecular weight excluding hydrogens is 389 g/mol. The summed E-state index contributed by atoms with van der Waals surface area (Å²) in [6, 6.07) is 15.4. The minimum Gasteiger partial charge on any atom is -0.373 e. The maximum atomic E-state index is 13.5. The highest BCUT2D eigenvalue weighted by atomic mass is 19.1. The van der Waals surface area contributed by atoms with E-state index in [1.54, 1.807) is 12.1 Å². The van der Waals surface area contributed by atoms with Crippen LogP contribution in [0.15, 0.2) is 48.5 Å². The van der Waals surface area contributed by atoms with Gasteiger partial charge >= 0.3 is 0 Å². The van der Waals surface area contributed by atoms with Gasteiger partial charge in [-0.15, -0.1) is 0 Å². The van der Waals surface area contributed by atoms with E-state index < -0.39 is 0 Å². The van der Waals surface area contributed by atoms with E-state index >= 15 is 0 Å². The van der Waals surface area contributed by atoms with E-state index in [1.807, 2.05) is 13.1 Å². The minimum atomic E-state index is -0.205. The quantitative estimate of drug-likeness (QED) is 0.648. The largest absolute Gasteiger partial charge is 0.373 e. The first-order valence-corrected chi connectivity index (χ1v) is 11.1. The molecule has 0 aliphatic carbocycles. The lowest BCUT2D eigenvalue weighted by Crippen LogP contribution is -2.32. The number of nitrogens with zero attached hydrogens (tertiary/aromatic N) is 3. The number of aromatic nitrogens is 2. The molecule has 2 aromatic carbocycles. The van der Waals surface area contributed by atoms with Gasteiger partial charge in [-0.3, -0.25) is 4.90 Å². The number of halogens is 1. The van der Waals surface area contributed by atoms with Gasteiger partial charge in [0, 0.05) is 32.2 Å². The first kappa shape index (κ1) is 20.1. The fourth-order valence-corrected chi connectivity index (χ4v) is 4.64. The Labute approximate surface area is 182 Å². The second-order valence-electron chi connectivity index (χ2n) is 8.42. The fraction of sp³-hybridized carbons (Fsp3) is 0.360. The van der Waals surface area contributed by atoms with E-state index in [2.05, 4.69) is 39.8 Å². The summed E-state index contributed by atoms with van der Waals surface area (Å²) in [6.45, 7) is 3.73. The number of rotatable bonds is 5. The second kappa shape index (κ2) is 8.73. The Bertz CT molecular complexity index is 1060. The number of hydrogen-bond acceptors (Lipinski definition) is 5. The van der Waals surface area contributed by atoms with Crippen LogP contribution in [-0.4, -0.2) is 35.0 Å². The molecule has 1 fully saturated rings. The molecule has 2 N–H and O–H groups in total. The van der Waals surface area contributed by atoms with Crippen molar-refractivity contribution in [2.75, 3.05) is 25.5 Å². The summed E-state index contributed by atoms with van der Waals surface area (Å²) in [5.74, 6) is 1.69. The molecule has 0 radical (unpaired) electrons. The van der Waals surface area contributed by atoms with Crippen LogP contribution in [0, 0.1) is 5.82 Å². The Morgan fingerprint density at radius 2 is 2.00 bits per heavy atom. The van der Waals surface area contributed by atoms with Crippen LogP contribution >= 0.6 is 0 Å². The molecule has 5 nitrogen and oxygen atoms in total. The van der Waals surface area contributed by atoms with E-state index in [4.69, 9.17) is 9.97 Å². The summed E-state index contributed by atoms with van der Waals surface area (Å²) in [4.78, 5) is 12.2. The highest BCUT2D eigenvalue weighted by Crippen LogP contribution is 2.29. The minimum absolute atomic E-state index is 0.205. The van der Waals surface area contributed by atoms with Crippen molar-refractivity contribution in [2.24, 2.45) is 0 Å². The maximum absolute atomic E-state index is 13.5. The Kier molecular flexibility index (Phi) is 5.66. The summed E-state index contributed by atoms with van der Waals surface area (Å²) in [6.07, 6.45) is 3.23. The maximum Gasteiger partial charge on any atom is 0.147 e. The van der Waals surface area contributed by atoms with Gasteiger partial charge in [0.25, 0.3) is 0 Å². The van der Waals surface area contributed by atoms with Crippen molar-refractivity contribution in [2.45, 2.75) is 38.4 Å². The zero-order chi connectivity index (χ0) is 21.2. The van der Waals surface area contributed by atoms with Crippen molar-refractivity contribution in [3.05, 3.63) is 77.0 Å². The topological polar surface area (TPSA) is 53.1 Å². The molecule has 2 aliphatic heterocycles. The molecule has 0 saturated carbocycles. The lowest BCUT2D eigenvalue weighted by Gasteiger charge is -2.29. The van der Waals surface area contributed by atoms with E-state index in [0.717, 1.165) is 67.5 Å². The van der Waals surface area contributed by atoms with Gasteiger partial charge in [-0.25, -0.2) is 14.4 Å². The molecule has 3 heterocycles. The predicted molar refractivity (Wildman–Crippen MR) is 121 cm³/mol. The van der Waals surface area contributed by atoms with Crippen LogP contribution in [0.2, 0.25) is 0 Å². The van der Waals surface area contributed by atoms with Crippen molar-refractivity contribution in [3.8, 4) is 11.1 Å². The zero-order valence-electron chi connectivity index (χ0n) is 17.9. The van der Waals surface area contributed by atoms with Crippen LogP contribution in [0.4, 0.5) is 10.2 Å². The van der Waals surface area contributed by atoms with Crippen molar-refractivity contribution in [3.63, 3.8) is 0 Å². The van der Waals surface area contributed by atoms with Crippen LogP contribution in [0.5, 0.6) is 0 Å². The van der Waals surface area contributed by atoms with Crippen molar-refractivity contribution in [1.29, 1.82) is 0 Å². The fourth-order valence-electron chi connectivity index (χ4n) is 4.64. The van der Waals surface area contributed by atoms with E-state index in [9.17, 15) is 4.39 Å². The lowest BCUT2D eigenvalue weighted by molar-refractivity contribution is 0.241. The molecule has 0 spiro atoms. The average Bonchev–Trinajstić information content (AvgIpc) is 3.34. The molecule has 1 aromatic heterocycles. The summed E-state index contributed by atoms with van der Waals surface area (Å²) in [7, 11) is 1.95. The van der Waals surface area contributed by atoms with Gasteiger partial charge in [-0.05, 0) is 54.6 Å². The molecule has 31 heavy (non-hydrogen) atoms. The van der Waals surface area contributed by atoms with Crippen molar-refractivity contribution >= 4 is 5.82 Å². The van der Waals surface area contributed by atoms with Crippen LogP contribution in [0.3, 0.4) is 0 Å². The number of benzene rings is 2. The van der Waals surface area contributed by atoms with Crippen LogP contribution in [-0.2, 0) is 19.5 Å². The monoisotopic (exact) mass is 417 g/mol. The Balaban J connectivity index is 1.32. The first-order valence-electron chi connectivity index (χ1n) is 11.1. The molecule has 0 bridgehead atoms. The summed E-state index contributed by atoms with van der Waals surface area (Å²) >= 11 is 0. The Morgan fingerprint density at radius 1 is 1.13 bits per heavy atom. The molecule has 1 atom stereocenters. The van der Waals surface area contributed by atoms with Gasteiger partial charge < -0.3 is 10.6 Å². The lowest BCUT2D eigenvalue weighted by atomic mass is 10.0. The first-order chi connectivity index (χ1) is 15.2. The Morgan fingerprint density at radius 3 is 2.74 bits per heavy atom. The third-order valence-electron chi connectivity index (χ3n) is 6.29. The van der Waals surface area contributed by atoms with Crippen molar-refractivity contribution < 1.29 is 4.39 Å². The predicted octanol–water partition coefficient (Wildman–Crippen LogP) is 4.31. The zero-order valence-corrected chi connectivity index (χ0v) is 17.9. The van der Waals surface area contributed by atoms with Gasteiger partial charge in [0.1, 0.15) is 17.5 Å². The standard InChI is InChI=1S/C25H28FN5/c1-27-24-21-11-13-31(16-23(21)29-25(30-24)22-6-3-12-28-22)15-17-7-9-18(10-8-17)19-4-2-5-20(26)14-19/h2,4-5,7-10,14,22,28H,3,6,11-13,15-16H2,1H3,(H,27,29,30). The second-order valence-corrected chi connectivity index (χ2v) is 8.42. The highest BCUT2D eigenvalue weighted by molar-refractivity contribution is 5.63. The average molecular weight is 418 g/mol. The van der Waals surface area contributed by atoms with Crippen molar-refractivity contribution in [1.82, 2.24) is 20.2 Å². The third kappa shape index (κ3) is 4.31.